The topological polar surface area (TPSA) is 75.3 Å². The number of anilines is 1. The van der Waals surface area contributed by atoms with Crippen LogP contribution < -0.4 is 16.0 Å². The van der Waals surface area contributed by atoms with Crippen molar-refractivity contribution in [1.82, 2.24) is 15.6 Å². The Hall–Kier alpha value is -1.86. The molecule has 0 aliphatic carbocycles. The predicted octanol–water partition coefficient (Wildman–Crippen LogP) is 2.19. The van der Waals surface area contributed by atoms with Gasteiger partial charge in [-0.3, -0.25) is 0 Å². The first-order valence-corrected chi connectivity index (χ1v) is 8.35. The first kappa shape index (κ1) is 15.1. The molecule has 3 rings (SSSR count). The Morgan fingerprint density at radius 2 is 2.23 bits per heavy atom. The third-order valence-electron chi connectivity index (χ3n) is 3.49. The van der Waals surface area contributed by atoms with Gasteiger partial charge in [0.2, 0.25) is 0 Å². The van der Waals surface area contributed by atoms with Crippen molar-refractivity contribution >= 4 is 32.7 Å². The highest BCUT2D eigenvalue weighted by Gasteiger charge is 2.15. The minimum absolute atomic E-state index is 0.151. The zero-order chi connectivity index (χ0) is 15.2. The van der Waals surface area contributed by atoms with Crippen molar-refractivity contribution in [3.05, 3.63) is 24.3 Å². The van der Waals surface area contributed by atoms with Gasteiger partial charge in [-0.15, -0.1) is 0 Å². The molecule has 118 valence electrons. The number of nitrogens with one attached hydrogen (secondary N) is 3. The number of amides is 2. The summed E-state index contributed by atoms with van der Waals surface area (Å²) in [5, 5.41) is 9.75. The number of ether oxygens (including phenoxy) is 1. The molecule has 3 N–H and O–H groups in total. The van der Waals surface area contributed by atoms with E-state index in [2.05, 4.69) is 27.0 Å². The molecule has 0 spiro atoms. The van der Waals surface area contributed by atoms with Gasteiger partial charge in [-0.05, 0) is 25.0 Å². The van der Waals surface area contributed by atoms with Crippen molar-refractivity contribution in [2.45, 2.75) is 18.9 Å². The SMILES string of the molecule is O=C(NCCNc1nc2ccccc2s1)NC[C@H]1CCCO1. The van der Waals surface area contributed by atoms with Crippen molar-refractivity contribution in [3.63, 3.8) is 0 Å². The summed E-state index contributed by atoms with van der Waals surface area (Å²) in [6.45, 7) is 2.58. The van der Waals surface area contributed by atoms with Crippen molar-refractivity contribution in [1.29, 1.82) is 0 Å². The summed E-state index contributed by atoms with van der Waals surface area (Å²) in [6, 6.07) is 7.88. The first-order chi connectivity index (χ1) is 10.8. The fourth-order valence-electron chi connectivity index (χ4n) is 2.37. The Balaban J connectivity index is 1.33. The van der Waals surface area contributed by atoms with Gasteiger partial charge >= 0.3 is 6.03 Å². The Morgan fingerprint density at radius 3 is 3.05 bits per heavy atom. The number of carbonyl (C=O) groups is 1. The standard InChI is InChI=1S/C15H20N4O2S/c20-14(18-10-11-4-3-9-21-11)16-7-8-17-15-19-12-5-1-2-6-13(12)22-15/h1-2,5-6,11H,3-4,7-10H2,(H,17,19)(H2,16,18,20)/t11-/m1/s1. The number of para-hydroxylation sites is 1. The molecule has 0 saturated carbocycles. The van der Waals surface area contributed by atoms with Crippen LogP contribution in [0.25, 0.3) is 10.2 Å². The van der Waals surface area contributed by atoms with E-state index in [9.17, 15) is 4.79 Å². The van der Waals surface area contributed by atoms with Crippen LogP contribution in [0.4, 0.5) is 9.93 Å². The first-order valence-electron chi connectivity index (χ1n) is 7.54. The number of aromatic nitrogens is 1. The molecule has 1 atom stereocenters. The fourth-order valence-corrected chi connectivity index (χ4v) is 3.26. The molecular formula is C15H20N4O2S. The second kappa shape index (κ2) is 7.42. The third-order valence-corrected chi connectivity index (χ3v) is 4.49. The van der Waals surface area contributed by atoms with Crippen molar-refractivity contribution in [2.24, 2.45) is 0 Å². The summed E-state index contributed by atoms with van der Waals surface area (Å²) in [7, 11) is 0. The van der Waals surface area contributed by atoms with Crippen LogP contribution >= 0.6 is 11.3 Å². The van der Waals surface area contributed by atoms with Gasteiger partial charge in [-0.25, -0.2) is 9.78 Å². The zero-order valence-electron chi connectivity index (χ0n) is 12.3. The van der Waals surface area contributed by atoms with Crippen LogP contribution in [0, 0.1) is 0 Å². The van der Waals surface area contributed by atoms with E-state index in [1.165, 1.54) is 0 Å². The predicted molar refractivity (Wildman–Crippen MR) is 88.5 cm³/mol. The molecular weight excluding hydrogens is 300 g/mol. The van der Waals surface area contributed by atoms with Gasteiger partial charge in [0.15, 0.2) is 5.13 Å². The minimum Gasteiger partial charge on any atom is -0.376 e. The maximum atomic E-state index is 11.6. The Kier molecular flexibility index (Phi) is 5.07. The molecule has 1 aromatic carbocycles. The van der Waals surface area contributed by atoms with E-state index in [1.807, 2.05) is 18.2 Å². The minimum atomic E-state index is -0.151. The number of nitrogens with zero attached hydrogens (tertiary/aromatic N) is 1. The second-order valence-corrected chi connectivity index (χ2v) is 6.22. The van der Waals surface area contributed by atoms with Gasteiger partial charge in [0.1, 0.15) is 0 Å². The van der Waals surface area contributed by atoms with E-state index in [-0.39, 0.29) is 12.1 Å². The van der Waals surface area contributed by atoms with Gasteiger partial charge in [-0.2, -0.15) is 0 Å². The molecule has 1 aliphatic rings. The highest BCUT2D eigenvalue weighted by Crippen LogP contribution is 2.24. The summed E-state index contributed by atoms with van der Waals surface area (Å²) in [4.78, 5) is 16.1. The maximum Gasteiger partial charge on any atom is 0.314 e. The molecule has 0 unspecified atom stereocenters. The summed E-state index contributed by atoms with van der Waals surface area (Å²) in [5.74, 6) is 0. The molecule has 7 heteroatoms. The maximum absolute atomic E-state index is 11.6. The number of hydrogen-bond acceptors (Lipinski definition) is 5. The molecule has 1 saturated heterocycles. The molecule has 22 heavy (non-hydrogen) atoms. The van der Waals surface area contributed by atoms with E-state index in [0.29, 0.717) is 19.6 Å². The lowest BCUT2D eigenvalue weighted by Gasteiger charge is -2.11. The number of urea groups is 1. The Bertz CT molecular complexity index is 592. The van der Waals surface area contributed by atoms with E-state index < -0.39 is 0 Å². The van der Waals surface area contributed by atoms with Gasteiger partial charge < -0.3 is 20.7 Å². The molecule has 2 heterocycles. The summed E-state index contributed by atoms with van der Waals surface area (Å²) in [6.07, 6.45) is 2.28. The van der Waals surface area contributed by atoms with Gasteiger partial charge in [0, 0.05) is 26.2 Å². The van der Waals surface area contributed by atoms with Crippen molar-refractivity contribution in [2.75, 3.05) is 31.6 Å². The van der Waals surface area contributed by atoms with Crippen LogP contribution in [0.5, 0.6) is 0 Å². The largest absolute Gasteiger partial charge is 0.376 e. The monoisotopic (exact) mass is 320 g/mol. The molecule has 1 aromatic heterocycles. The molecule has 6 nitrogen and oxygen atoms in total. The molecule has 2 amide bonds. The van der Waals surface area contributed by atoms with Crippen LogP contribution in [0.1, 0.15) is 12.8 Å². The molecule has 1 fully saturated rings. The average Bonchev–Trinajstić information content (AvgIpc) is 3.18. The van der Waals surface area contributed by atoms with E-state index in [0.717, 1.165) is 34.8 Å². The van der Waals surface area contributed by atoms with Gasteiger partial charge in [-0.1, -0.05) is 23.5 Å². The van der Waals surface area contributed by atoms with Crippen LogP contribution in [-0.4, -0.2) is 43.4 Å². The van der Waals surface area contributed by atoms with E-state index in [4.69, 9.17) is 4.74 Å². The average molecular weight is 320 g/mol. The van der Waals surface area contributed by atoms with Crippen molar-refractivity contribution in [3.8, 4) is 0 Å². The number of fused-ring (bicyclic) bond motifs is 1. The van der Waals surface area contributed by atoms with Crippen LogP contribution in [0.3, 0.4) is 0 Å². The third kappa shape index (κ3) is 4.08. The van der Waals surface area contributed by atoms with Gasteiger partial charge in [0.05, 0.1) is 16.3 Å². The number of carbonyl (C=O) groups excluding carboxylic acids is 1. The normalized spacial score (nSPS) is 17.5. The van der Waals surface area contributed by atoms with Crippen LogP contribution in [0.15, 0.2) is 24.3 Å². The smallest absolute Gasteiger partial charge is 0.314 e. The molecule has 2 aromatic rings. The number of benzene rings is 1. The molecule has 0 bridgehead atoms. The van der Waals surface area contributed by atoms with Crippen LogP contribution in [-0.2, 0) is 4.74 Å². The Labute approximate surface area is 133 Å². The lowest BCUT2D eigenvalue weighted by molar-refractivity contribution is 0.111. The quantitative estimate of drug-likeness (QED) is 0.713. The lowest BCUT2D eigenvalue weighted by atomic mass is 10.2. The Morgan fingerprint density at radius 1 is 1.32 bits per heavy atom. The zero-order valence-corrected chi connectivity index (χ0v) is 13.1. The second-order valence-electron chi connectivity index (χ2n) is 5.19. The van der Waals surface area contributed by atoms with Gasteiger partial charge in [0.25, 0.3) is 0 Å². The van der Waals surface area contributed by atoms with E-state index in [1.54, 1.807) is 11.3 Å². The summed E-state index contributed by atoms with van der Waals surface area (Å²) in [5.41, 5.74) is 0.997. The number of hydrogen-bond donors (Lipinski definition) is 3. The van der Waals surface area contributed by atoms with E-state index >= 15 is 0 Å². The summed E-state index contributed by atoms with van der Waals surface area (Å²) >= 11 is 1.62. The highest BCUT2D eigenvalue weighted by molar-refractivity contribution is 7.22. The molecule has 1 aliphatic heterocycles. The lowest BCUT2D eigenvalue weighted by Crippen LogP contribution is -2.41. The fraction of sp³-hybridized carbons (Fsp3) is 0.467. The van der Waals surface area contributed by atoms with Crippen molar-refractivity contribution < 1.29 is 9.53 Å². The number of thiazole rings is 1. The molecule has 0 radical (unpaired) electrons. The highest BCUT2D eigenvalue weighted by atomic mass is 32.1. The number of rotatable bonds is 6. The summed E-state index contributed by atoms with van der Waals surface area (Å²) < 4.78 is 6.61. The van der Waals surface area contributed by atoms with Crippen LogP contribution in [0.2, 0.25) is 0 Å².